The number of benzene rings is 1. The molecule has 6 heteroatoms. The van der Waals surface area contributed by atoms with Gasteiger partial charge in [0, 0.05) is 30.6 Å². The van der Waals surface area contributed by atoms with Crippen LogP contribution in [-0.2, 0) is 11.3 Å². The standard InChI is InChI=1S/C18H20ClNO4/c1-10-11(2)18(21)24-16-13(10)6-15(19)17-14(16)8-20(9-23-17)7-12-4-3-5-22-12/h6,12H,3-5,7-9H2,1-2H3. The summed E-state index contributed by atoms with van der Waals surface area (Å²) in [5.74, 6) is 0.624. The van der Waals surface area contributed by atoms with Crippen molar-refractivity contribution >= 4 is 22.6 Å². The fraction of sp³-hybridized carbons (Fsp3) is 0.500. The van der Waals surface area contributed by atoms with Crippen molar-refractivity contribution in [1.29, 1.82) is 0 Å². The van der Waals surface area contributed by atoms with Crippen molar-refractivity contribution in [2.45, 2.75) is 39.3 Å². The summed E-state index contributed by atoms with van der Waals surface area (Å²) in [5.41, 5.74) is 2.65. The molecule has 5 nitrogen and oxygen atoms in total. The second kappa shape index (κ2) is 6.06. The maximum Gasteiger partial charge on any atom is 0.339 e. The molecular formula is C18H20ClNO4. The molecule has 0 bridgehead atoms. The fourth-order valence-corrected chi connectivity index (χ4v) is 3.78. The van der Waals surface area contributed by atoms with Gasteiger partial charge in [0.15, 0.2) is 0 Å². The quantitative estimate of drug-likeness (QED) is 0.778. The number of aryl methyl sites for hydroxylation is 1. The van der Waals surface area contributed by atoms with Crippen molar-refractivity contribution in [1.82, 2.24) is 4.90 Å². The molecule has 1 unspecified atom stereocenters. The van der Waals surface area contributed by atoms with Gasteiger partial charge in [-0.25, -0.2) is 4.79 Å². The SMILES string of the molecule is Cc1c(C)c2cc(Cl)c3c(c2oc1=O)CN(CC1CCCO1)CO3. The van der Waals surface area contributed by atoms with E-state index in [1.165, 1.54) is 0 Å². The zero-order chi connectivity index (χ0) is 16.8. The Morgan fingerprint density at radius 1 is 1.33 bits per heavy atom. The molecule has 0 spiro atoms. The van der Waals surface area contributed by atoms with Gasteiger partial charge in [-0.15, -0.1) is 0 Å². The molecule has 0 amide bonds. The minimum Gasteiger partial charge on any atom is -0.476 e. The van der Waals surface area contributed by atoms with E-state index in [2.05, 4.69) is 4.90 Å². The molecule has 3 heterocycles. The van der Waals surface area contributed by atoms with Crippen LogP contribution in [-0.4, -0.2) is 30.9 Å². The first-order valence-corrected chi connectivity index (χ1v) is 8.64. The molecule has 4 rings (SSSR count). The number of halogens is 1. The predicted molar refractivity (Wildman–Crippen MR) is 91.8 cm³/mol. The molecule has 24 heavy (non-hydrogen) atoms. The van der Waals surface area contributed by atoms with Crippen molar-refractivity contribution < 1.29 is 13.9 Å². The van der Waals surface area contributed by atoms with Gasteiger partial charge in [0.25, 0.3) is 0 Å². The summed E-state index contributed by atoms with van der Waals surface area (Å²) in [4.78, 5) is 14.3. The first-order chi connectivity index (χ1) is 11.5. The van der Waals surface area contributed by atoms with Crippen LogP contribution in [0.15, 0.2) is 15.3 Å². The number of ether oxygens (including phenoxy) is 2. The highest BCUT2D eigenvalue weighted by atomic mass is 35.5. The highest BCUT2D eigenvalue weighted by Crippen LogP contribution is 2.39. The van der Waals surface area contributed by atoms with E-state index in [4.69, 9.17) is 25.5 Å². The summed E-state index contributed by atoms with van der Waals surface area (Å²) in [6.07, 6.45) is 2.43. The molecule has 2 aliphatic heterocycles. The van der Waals surface area contributed by atoms with Crippen molar-refractivity contribution in [3.05, 3.63) is 38.2 Å². The largest absolute Gasteiger partial charge is 0.476 e. The van der Waals surface area contributed by atoms with E-state index in [0.29, 0.717) is 35.2 Å². The van der Waals surface area contributed by atoms with Crippen molar-refractivity contribution in [3.63, 3.8) is 0 Å². The number of hydrogen-bond acceptors (Lipinski definition) is 5. The smallest absolute Gasteiger partial charge is 0.339 e. The van der Waals surface area contributed by atoms with Gasteiger partial charge in [0.2, 0.25) is 0 Å². The lowest BCUT2D eigenvalue weighted by atomic mass is 10.0. The molecule has 1 atom stereocenters. The average Bonchev–Trinajstić information content (AvgIpc) is 3.07. The van der Waals surface area contributed by atoms with E-state index in [0.717, 1.165) is 42.5 Å². The van der Waals surface area contributed by atoms with E-state index in [9.17, 15) is 4.79 Å². The third-order valence-electron chi connectivity index (χ3n) is 5.01. The molecule has 0 saturated carbocycles. The molecule has 2 aromatic rings. The summed E-state index contributed by atoms with van der Waals surface area (Å²) in [5, 5.41) is 1.43. The Kier molecular flexibility index (Phi) is 4.03. The first kappa shape index (κ1) is 15.9. The lowest BCUT2D eigenvalue weighted by molar-refractivity contribution is 0.0281. The second-order valence-corrected chi connectivity index (χ2v) is 7.01. The third-order valence-corrected chi connectivity index (χ3v) is 5.29. The third kappa shape index (κ3) is 2.61. The summed E-state index contributed by atoms with van der Waals surface area (Å²) in [6, 6.07) is 1.83. The van der Waals surface area contributed by atoms with Crippen LogP contribution in [0.25, 0.3) is 11.0 Å². The summed E-state index contributed by atoms with van der Waals surface area (Å²) in [6.45, 7) is 6.44. The van der Waals surface area contributed by atoms with Gasteiger partial charge in [-0.05, 0) is 38.3 Å². The second-order valence-electron chi connectivity index (χ2n) is 6.60. The fourth-order valence-electron chi connectivity index (χ4n) is 3.51. The molecular weight excluding hydrogens is 330 g/mol. The van der Waals surface area contributed by atoms with Crippen LogP contribution in [0.4, 0.5) is 0 Å². The molecule has 0 aliphatic carbocycles. The van der Waals surface area contributed by atoms with Crippen LogP contribution in [0, 0.1) is 13.8 Å². The Balaban J connectivity index is 1.77. The van der Waals surface area contributed by atoms with Crippen LogP contribution in [0.3, 0.4) is 0 Å². The van der Waals surface area contributed by atoms with Crippen molar-refractivity contribution in [2.24, 2.45) is 0 Å². The van der Waals surface area contributed by atoms with E-state index in [-0.39, 0.29) is 11.7 Å². The molecule has 1 aromatic heterocycles. The van der Waals surface area contributed by atoms with E-state index in [1.807, 2.05) is 13.0 Å². The summed E-state index contributed by atoms with van der Waals surface area (Å²) >= 11 is 6.42. The minimum absolute atomic E-state index is 0.247. The highest BCUT2D eigenvalue weighted by molar-refractivity contribution is 6.33. The maximum absolute atomic E-state index is 12.1. The number of hydrogen-bond donors (Lipinski definition) is 0. The van der Waals surface area contributed by atoms with Gasteiger partial charge in [0.05, 0.1) is 16.7 Å². The van der Waals surface area contributed by atoms with Gasteiger partial charge in [-0.1, -0.05) is 11.6 Å². The van der Waals surface area contributed by atoms with Gasteiger partial charge >= 0.3 is 5.63 Å². The van der Waals surface area contributed by atoms with E-state index in [1.54, 1.807) is 6.92 Å². The lowest BCUT2D eigenvalue weighted by Gasteiger charge is -2.31. The molecule has 1 fully saturated rings. The Bertz CT molecular complexity index is 854. The first-order valence-electron chi connectivity index (χ1n) is 8.26. The monoisotopic (exact) mass is 349 g/mol. The normalized spacial score (nSPS) is 21.0. The molecule has 2 aliphatic rings. The van der Waals surface area contributed by atoms with Gasteiger partial charge in [0.1, 0.15) is 18.1 Å². The van der Waals surface area contributed by atoms with E-state index >= 15 is 0 Å². The van der Waals surface area contributed by atoms with Gasteiger partial charge in [-0.2, -0.15) is 0 Å². The summed E-state index contributed by atoms with van der Waals surface area (Å²) in [7, 11) is 0. The molecule has 1 aromatic carbocycles. The van der Waals surface area contributed by atoms with Crippen LogP contribution in [0.5, 0.6) is 5.75 Å². The lowest BCUT2D eigenvalue weighted by Crippen LogP contribution is -2.37. The average molecular weight is 350 g/mol. The Morgan fingerprint density at radius 3 is 2.92 bits per heavy atom. The van der Waals surface area contributed by atoms with Crippen molar-refractivity contribution in [2.75, 3.05) is 19.9 Å². The molecule has 1 saturated heterocycles. The Labute approximate surface area is 145 Å². The number of rotatable bonds is 2. The topological polar surface area (TPSA) is 51.9 Å². The zero-order valence-corrected chi connectivity index (χ0v) is 14.6. The number of fused-ring (bicyclic) bond motifs is 3. The Morgan fingerprint density at radius 2 is 2.17 bits per heavy atom. The molecule has 0 radical (unpaired) electrons. The molecule has 0 N–H and O–H groups in total. The molecule has 128 valence electrons. The van der Waals surface area contributed by atoms with Crippen LogP contribution < -0.4 is 10.4 Å². The predicted octanol–water partition coefficient (Wildman–Crippen LogP) is 3.39. The van der Waals surface area contributed by atoms with Crippen LogP contribution >= 0.6 is 11.6 Å². The van der Waals surface area contributed by atoms with Crippen LogP contribution in [0.2, 0.25) is 5.02 Å². The Hall–Kier alpha value is -1.56. The van der Waals surface area contributed by atoms with Gasteiger partial charge < -0.3 is 13.9 Å². The number of nitrogens with zero attached hydrogens (tertiary/aromatic N) is 1. The minimum atomic E-state index is -0.305. The van der Waals surface area contributed by atoms with Crippen molar-refractivity contribution in [3.8, 4) is 5.75 Å². The van der Waals surface area contributed by atoms with Crippen LogP contribution in [0.1, 0.15) is 29.5 Å². The van der Waals surface area contributed by atoms with Gasteiger partial charge in [-0.3, -0.25) is 4.90 Å². The zero-order valence-electron chi connectivity index (χ0n) is 13.9. The highest BCUT2D eigenvalue weighted by Gasteiger charge is 2.28. The summed E-state index contributed by atoms with van der Waals surface area (Å²) < 4.78 is 17.2. The maximum atomic E-state index is 12.1. The van der Waals surface area contributed by atoms with E-state index < -0.39 is 0 Å².